The van der Waals surface area contributed by atoms with Crippen LogP contribution in [0.1, 0.15) is 0 Å². The third-order valence-electron chi connectivity index (χ3n) is 10.0. The van der Waals surface area contributed by atoms with Crippen molar-refractivity contribution < 1.29 is 0 Å². The third kappa shape index (κ3) is 4.53. The molecule has 2 aromatic heterocycles. The topological polar surface area (TPSA) is 4.93 Å². The lowest BCUT2D eigenvalue weighted by Gasteiger charge is -2.18. The van der Waals surface area contributed by atoms with Crippen LogP contribution in [0.15, 0.2) is 188 Å². The van der Waals surface area contributed by atoms with Crippen LogP contribution < -0.4 is 0 Å². The highest BCUT2D eigenvalue weighted by Crippen LogP contribution is 2.47. The van der Waals surface area contributed by atoms with E-state index >= 15 is 0 Å². The standard InChI is InChI=1S/C48H31NS/c1-3-15-32(16-4-1)34-27-30-45-42(31-34)39-22-10-13-25-44(39)49(45)43-24-12-9-21-38(43)36-19-7-8-20-37(36)40-29-28-35(33-17-5-2-6-18-33)48-47(40)41-23-11-14-26-46(41)50-48/h1-31H. The van der Waals surface area contributed by atoms with Gasteiger partial charge in [0.15, 0.2) is 0 Å². The summed E-state index contributed by atoms with van der Waals surface area (Å²) in [6.07, 6.45) is 0. The van der Waals surface area contributed by atoms with E-state index in [4.69, 9.17) is 0 Å². The molecule has 1 nitrogen and oxygen atoms in total. The maximum Gasteiger partial charge on any atom is 0.0541 e. The monoisotopic (exact) mass is 653 g/mol. The molecule has 10 rings (SSSR count). The molecule has 0 aliphatic heterocycles. The van der Waals surface area contributed by atoms with Gasteiger partial charge in [0, 0.05) is 36.5 Å². The molecule has 0 unspecified atom stereocenters. The fourth-order valence-electron chi connectivity index (χ4n) is 7.79. The number of para-hydroxylation sites is 2. The lowest BCUT2D eigenvalue weighted by molar-refractivity contribution is 1.18. The van der Waals surface area contributed by atoms with E-state index in [1.165, 1.54) is 92.2 Å². The Morgan fingerprint density at radius 2 is 0.920 bits per heavy atom. The number of hydrogen-bond acceptors (Lipinski definition) is 1. The largest absolute Gasteiger partial charge is 0.309 e. The number of nitrogens with zero attached hydrogens (tertiary/aromatic N) is 1. The molecule has 0 spiro atoms. The van der Waals surface area contributed by atoms with Crippen LogP contribution >= 0.6 is 11.3 Å². The molecule has 10 aromatic rings. The highest BCUT2D eigenvalue weighted by molar-refractivity contribution is 7.26. The normalized spacial score (nSPS) is 11.6. The van der Waals surface area contributed by atoms with Crippen molar-refractivity contribution in [3.8, 4) is 50.2 Å². The molecule has 50 heavy (non-hydrogen) atoms. The molecule has 0 fully saturated rings. The summed E-state index contributed by atoms with van der Waals surface area (Å²) in [6, 6.07) is 68.5. The summed E-state index contributed by atoms with van der Waals surface area (Å²) in [5.74, 6) is 0. The van der Waals surface area contributed by atoms with E-state index < -0.39 is 0 Å². The van der Waals surface area contributed by atoms with Crippen molar-refractivity contribution in [2.45, 2.75) is 0 Å². The fraction of sp³-hybridized carbons (Fsp3) is 0. The first-order chi connectivity index (χ1) is 24.8. The van der Waals surface area contributed by atoms with Gasteiger partial charge in [-0.15, -0.1) is 11.3 Å². The van der Waals surface area contributed by atoms with Gasteiger partial charge in [-0.3, -0.25) is 0 Å². The highest BCUT2D eigenvalue weighted by Gasteiger charge is 2.21. The lowest BCUT2D eigenvalue weighted by Crippen LogP contribution is -1.98. The maximum atomic E-state index is 2.46. The van der Waals surface area contributed by atoms with Gasteiger partial charge < -0.3 is 4.57 Å². The van der Waals surface area contributed by atoms with Gasteiger partial charge in [0.05, 0.1) is 16.7 Å². The molecule has 0 radical (unpaired) electrons. The quantitative estimate of drug-likeness (QED) is 0.174. The van der Waals surface area contributed by atoms with Crippen LogP contribution in [0.2, 0.25) is 0 Å². The molecule has 8 aromatic carbocycles. The zero-order valence-electron chi connectivity index (χ0n) is 27.3. The Morgan fingerprint density at radius 1 is 0.340 bits per heavy atom. The van der Waals surface area contributed by atoms with E-state index in [0.29, 0.717) is 0 Å². The van der Waals surface area contributed by atoms with Gasteiger partial charge in [0.1, 0.15) is 0 Å². The van der Waals surface area contributed by atoms with Crippen LogP contribution in [0.25, 0.3) is 92.2 Å². The van der Waals surface area contributed by atoms with Gasteiger partial charge >= 0.3 is 0 Å². The average molecular weight is 654 g/mol. The smallest absolute Gasteiger partial charge is 0.0541 e. The Labute approximate surface area is 295 Å². The van der Waals surface area contributed by atoms with E-state index in [1.54, 1.807) is 0 Å². The number of rotatable bonds is 5. The molecule has 0 saturated heterocycles. The van der Waals surface area contributed by atoms with Crippen molar-refractivity contribution in [2.75, 3.05) is 0 Å². The maximum absolute atomic E-state index is 2.46. The molecule has 0 saturated carbocycles. The van der Waals surface area contributed by atoms with Gasteiger partial charge in [0.2, 0.25) is 0 Å². The van der Waals surface area contributed by atoms with Crippen LogP contribution in [-0.4, -0.2) is 4.57 Å². The first-order valence-electron chi connectivity index (χ1n) is 17.1. The molecule has 234 valence electrons. The average Bonchev–Trinajstić information content (AvgIpc) is 3.74. The summed E-state index contributed by atoms with van der Waals surface area (Å²) in [5, 5.41) is 5.14. The van der Waals surface area contributed by atoms with Crippen LogP contribution in [0.5, 0.6) is 0 Å². The zero-order chi connectivity index (χ0) is 33.0. The first-order valence-corrected chi connectivity index (χ1v) is 17.9. The van der Waals surface area contributed by atoms with E-state index in [2.05, 4.69) is 193 Å². The molecule has 2 heterocycles. The van der Waals surface area contributed by atoms with E-state index in [9.17, 15) is 0 Å². The predicted molar refractivity (Wildman–Crippen MR) is 215 cm³/mol. The molecule has 0 aliphatic rings. The Bertz CT molecular complexity index is 2860. The number of fused-ring (bicyclic) bond motifs is 6. The molecular weight excluding hydrogens is 623 g/mol. The lowest BCUT2D eigenvalue weighted by atomic mass is 9.89. The highest BCUT2D eigenvalue weighted by atomic mass is 32.1. The van der Waals surface area contributed by atoms with Gasteiger partial charge in [-0.1, -0.05) is 158 Å². The number of hydrogen-bond donors (Lipinski definition) is 0. The second-order valence-corrected chi connectivity index (χ2v) is 13.9. The minimum Gasteiger partial charge on any atom is -0.309 e. The van der Waals surface area contributed by atoms with Crippen molar-refractivity contribution in [2.24, 2.45) is 0 Å². The van der Waals surface area contributed by atoms with Crippen LogP contribution in [0.3, 0.4) is 0 Å². The molecule has 2 heteroatoms. The van der Waals surface area contributed by atoms with Crippen molar-refractivity contribution in [1.29, 1.82) is 0 Å². The Balaban J connectivity index is 1.22. The van der Waals surface area contributed by atoms with Gasteiger partial charge in [-0.05, 0) is 69.3 Å². The summed E-state index contributed by atoms with van der Waals surface area (Å²) in [5.41, 5.74) is 13.5. The zero-order valence-corrected chi connectivity index (χ0v) is 28.1. The Morgan fingerprint density at radius 3 is 1.72 bits per heavy atom. The summed E-state index contributed by atoms with van der Waals surface area (Å²) in [6.45, 7) is 0. The Kier molecular flexibility index (Phi) is 6.75. The number of thiophene rings is 1. The van der Waals surface area contributed by atoms with Crippen LogP contribution in [0.4, 0.5) is 0 Å². The summed E-state index contributed by atoms with van der Waals surface area (Å²) >= 11 is 1.89. The van der Waals surface area contributed by atoms with Crippen LogP contribution in [-0.2, 0) is 0 Å². The predicted octanol–water partition coefficient (Wildman–Crippen LogP) is 13.8. The van der Waals surface area contributed by atoms with Crippen LogP contribution in [0, 0.1) is 0 Å². The van der Waals surface area contributed by atoms with Crippen molar-refractivity contribution in [1.82, 2.24) is 4.57 Å². The number of aromatic nitrogens is 1. The first kappa shape index (κ1) is 28.8. The van der Waals surface area contributed by atoms with Crippen molar-refractivity contribution in [3.63, 3.8) is 0 Å². The summed E-state index contributed by atoms with van der Waals surface area (Å²) in [7, 11) is 0. The second-order valence-electron chi connectivity index (χ2n) is 12.8. The summed E-state index contributed by atoms with van der Waals surface area (Å²) < 4.78 is 5.10. The van der Waals surface area contributed by atoms with Gasteiger partial charge in [-0.2, -0.15) is 0 Å². The molecular formula is C48H31NS. The molecule has 0 amide bonds. The van der Waals surface area contributed by atoms with Gasteiger partial charge in [-0.25, -0.2) is 0 Å². The fourth-order valence-corrected chi connectivity index (χ4v) is 9.05. The van der Waals surface area contributed by atoms with E-state index in [0.717, 1.165) is 0 Å². The minimum atomic E-state index is 1.17. The molecule has 0 atom stereocenters. The van der Waals surface area contributed by atoms with E-state index in [-0.39, 0.29) is 0 Å². The van der Waals surface area contributed by atoms with Crippen molar-refractivity contribution >= 4 is 53.3 Å². The third-order valence-corrected chi connectivity index (χ3v) is 11.2. The number of benzene rings is 8. The minimum absolute atomic E-state index is 1.17. The van der Waals surface area contributed by atoms with Gasteiger partial charge in [0.25, 0.3) is 0 Å². The second kappa shape index (κ2) is 11.7. The molecule has 0 aliphatic carbocycles. The molecule has 0 bridgehead atoms. The SMILES string of the molecule is c1ccc(-c2ccc3c(c2)c2ccccc2n3-c2ccccc2-c2ccccc2-c2ccc(-c3ccccc3)c3sc4ccccc4c23)cc1. The Hall–Kier alpha value is -6.22. The molecule has 0 N–H and O–H groups in total. The summed E-state index contributed by atoms with van der Waals surface area (Å²) in [4.78, 5) is 0. The van der Waals surface area contributed by atoms with E-state index in [1.807, 2.05) is 11.3 Å². The van der Waals surface area contributed by atoms with Crippen molar-refractivity contribution in [3.05, 3.63) is 188 Å².